The van der Waals surface area contributed by atoms with Gasteiger partial charge in [0.2, 0.25) is 0 Å². The summed E-state index contributed by atoms with van der Waals surface area (Å²) in [6, 6.07) is 1.89. The summed E-state index contributed by atoms with van der Waals surface area (Å²) in [4.78, 5) is 15.5. The Morgan fingerprint density at radius 3 is 1.88 bits per heavy atom. The van der Waals surface area contributed by atoms with E-state index in [9.17, 15) is 0 Å². The second-order valence-electron chi connectivity index (χ2n) is 9.28. The Bertz CT molecular complexity index is 1260. The molecule has 0 atom stereocenters. The standard InChI is InChI=1S/C6H8.C5H7N.C4H7N3.3C4H6N2.C3H5N3/c1-6-4-2-3-5-6;1-5-3-2-4-6-5;1-3-5-4(2)7-6-3;1-6-3-2-5-4-6;1-6-4-2-3-5-6;1-4-2-3-5-6-4;1-3-4-2-5-6-3/h2,4-5H,3H2,1H3;3-4H,2H2,1H3;1-2H3,(H,5,6,7);2*2-4H,1H3;3H,2H2,1H3;2H2,1H3. The van der Waals surface area contributed by atoms with Crippen molar-refractivity contribution in [1.82, 2.24) is 34.5 Å². The number of aromatic nitrogens is 7. The number of hydrogen-bond donors (Lipinski definition) is 1. The monoisotopic (exact) mass is 587 g/mol. The molecule has 43 heavy (non-hydrogen) atoms. The number of allylic oxidation sites excluding steroid dienone is 6. The first-order valence-electron chi connectivity index (χ1n) is 13.8. The minimum atomic E-state index is 0.534. The molecule has 3 aromatic rings. The highest BCUT2D eigenvalue weighted by molar-refractivity contribution is 5.96. The average molecular weight is 588 g/mol. The molecule has 7 rings (SSSR count). The predicted molar refractivity (Wildman–Crippen MR) is 176 cm³/mol. The van der Waals surface area contributed by atoms with Gasteiger partial charge in [-0.2, -0.15) is 25.5 Å². The lowest BCUT2D eigenvalue weighted by Gasteiger charge is -1.77. The molecule has 0 amide bonds. The van der Waals surface area contributed by atoms with E-state index in [4.69, 9.17) is 0 Å². The van der Waals surface area contributed by atoms with E-state index in [1.54, 1.807) is 29.6 Å². The van der Waals surface area contributed by atoms with Crippen LogP contribution in [0.3, 0.4) is 0 Å². The van der Waals surface area contributed by atoms with Crippen LogP contribution in [0.1, 0.15) is 58.6 Å². The Morgan fingerprint density at radius 2 is 1.72 bits per heavy atom. The minimum Gasteiger partial charge on any atom is -0.341 e. The SMILES string of the molecule is CC1=CCC=C1.CC1=CCC=N1.CC1=NCN=N1.CC1=NN=CC1.Cc1n[nH]c(C)n1.Cn1cccn1.Cn1ccnc1. The minimum absolute atomic E-state index is 0.534. The summed E-state index contributed by atoms with van der Waals surface area (Å²) in [5.74, 6) is 2.46. The molecule has 0 unspecified atom stereocenters. The fourth-order valence-corrected chi connectivity index (χ4v) is 2.83. The molecule has 1 N–H and O–H groups in total. The van der Waals surface area contributed by atoms with Crippen molar-refractivity contribution in [2.24, 2.45) is 44.5 Å². The van der Waals surface area contributed by atoms with Crippen LogP contribution in [-0.2, 0) is 14.1 Å². The molecule has 230 valence electrons. The van der Waals surface area contributed by atoms with Crippen LogP contribution in [0.25, 0.3) is 0 Å². The molecule has 13 heteroatoms. The van der Waals surface area contributed by atoms with Gasteiger partial charge in [0.05, 0.1) is 6.33 Å². The lowest BCUT2D eigenvalue weighted by molar-refractivity contribution is 0.768. The second-order valence-corrected chi connectivity index (χ2v) is 9.28. The number of hydrogen-bond acceptors (Lipinski definition) is 10. The van der Waals surface area contributed by atoms with Crippen molar-refractivity contribution in [3.05, 3.63) is 84.4 Å². The van der Waals surface area contributed by atoms with E-state index >= 15 is 0 Å². The summed E-state index contributed by atoms with van der Waals surface area (Å²) in [5, 5.41) is 24.9. The van der Waals surface area contributed by atoms with Gasteiger partial charge in [-0.3, -0.25) is 14.8 Å². The van der Waals surface area contributed by atoms with Gasteiger partial charge in [-0.05, 0) is 54.0 Å². The molecule has 0 saturated carbocycles. The molecule has 1 aliphatic carbocycles. The zero-order valence-electron chi connectivity index (χ0n) is 26.6. The molecular formula is C30H45N13. The van der Waals surface area contributed by atoms with Crippen molar-refractivity contribution in [3.63, 3.8) is 0 Å². The summed E-state index contributed by atoms with van der Waals surface area (Å²) in [6.45, 7) is 12.2. The zero-order valence-corrected chi connectivity index (χ0v) is 26.6. The van der Waals surface area contributed by atoms with Gasteiger partial charge in [0.1, 0.15) is 17.5 Å². The quantitative estimate of drug-likeness (QED) is 0.334. The Balaban J connectivity index is 0.000000251. The smallest absolute Gasteiger partial charge is 0.152 e. The van der Waals surface area contributed by atoms with Gasteiger partial charge in [-0.25, -0.2) is 15.0 Å². The van der Waals surface area contributed by atoms with Crippen LogP contribution in [0, 0.1) is 13.8 Å². The Hall–Kier alpha value is -4.94. The number of rotatable bonds is 0. The van der Waals surface area contributed by atoms with E-state index in [1.807, 2.05) is 78.0 Å². The molecule has 0 saturated heterocycles. The Kier molecular flexibility index (Phi) is 19.1. The first-order chi connectivity index (χ1) is 20.7. The van der Waals surface area contributed by atoms with E-state index in [-0.39, 0.29) is 0 Å². The van der Waals surface area contributed by atoms with Gasteiger partial charge in [-0.15, -0.1) is 5.11 Å². The number of H-pyrrole nitrogens is 1. The van der Waals surface area contributed by atoms with Crippen molar-refractivity contribution in [3.8, 4) is 0 Å². The molecule has 13 nitrogen and oxygen atoms in total. The van der Waals surface area contributed by atoms with Gasteiger partial charge >= 0.3 is 0 Å². The maximum Gasteiger partial charge on any atom is 0.152 e. The van der Waals surface area contributed by atoms with Crippen LogP contribution >= 0.6 is 0 Å². The average Bonchev–Trinajstić information content (AvgIpc) is 3.79. The van der Waals surface area contributed by atoms with Crippen LogP contribution in [0.5, 0.6) is 0 Å². The van der Waals surface area contributed by atoms with Crippen LogP contribution in [0.2, 0.25) is 0 Å². The van der Waals surface area contributed by atoms with Gasteiger partial charge in [0.15, 0.2) is 6.67 Å². The van der Waals surface area contributed by atoms with Gasteiger partial charge in [0.25, 0.3) is 0 Å². The van der Waals surface area contributed by atoms with Gasteiger partial charge < -0.3 is 4.57 Å². The van der Waals surface area contributed by atoms with Crippen LogP contribution in [0.15, 0.2) is 103 Å². The number of nitrogens with one attached hydrogen (secondary N) is 1. The summed E-state index contributed by atoms with van der Waals surface area (Å²) < 4.78 is 3.64. The van der Waals surface area contributed by atoms with Crippen LogP contribution in [0.4, 0.5) is 0 Å². The summed E-state index contributed by atoms with van der Waals surface area (Å²) in [6.07, 6.45) is 24.5. The van der Waals surface area contributed by atoms with E-state index < -0.39 is 0 Å². The van der Waals surface area contributed by atoms with E-state index in [2.05, 4.69) is 86.9 Å². The highest BCUT2D eigenvalue weighted by Crippen LogP contribution is 2.05. The fraction of sp³-hybridized carbons (Fsp3) is 0.400. The van der Waals surface area contributed by atoms with E-state index in [1.165, 1.54) is 5.57 Å². The highest BCUT2D eigenvalue weighted by Gasteiger charge is 1.90. The molecular weight excluding hydrogens is 542 g/mol. The van der Waals surface area contributed by atoms with E-state index in [0.717, 1.165) is 48.2 Å². The Morgan fingerprint density at radius 1 is 0.907 bits per heavy atom. The third kappa shape index (κ3) is 21.5. The number of azo groups is 1. The summed E-state index contributed by atoms with van der Waals surface area (Å²) >= 11 is 0. The first-order valence-corrected chi connectivity index (χ1v) is 13.8. The number of aryl methyl sites for hydroxylation is 4. The number of nitrogens with zero attached hydrogens (tertiary/aromatic N) is 12. The number of amidine groups is 1. The van der Waals surface area contributed by atoms with Crippen LogP contribution < -0.4 is 0 Å². The maximum atomic E-state index is 3.97. The molecule has 0 aromatic carbocycles. The Labute approximate surface area is 254 Å². The number of aliphatic imine (C=N–C) groups is 2. The molecule has 0 radical (unpaired) electrons. The summed E-state index contributed by atoms with van der Waals surface area (Å²) in [7, 11) is 3.83. The van der Waals surface area contributed by atoms with Crippen molar-refractivity contribution < 1.29 is 0 Å². The van der Waals surface area contributed by atoms with Gasteiger partial charge in [0, 0.05) is 75.6 Å². The second kappa shape index (κ2) is 22.7. The molecule has 0 spiro atoms. The van der Waals surface area contributed by atoms with Crippen molar-refractivity contribution in [2.75, 3.05) is 6.67 Å². The van der Waals surface area contributed by atoms with Crippen molar-refractivity contribution >= 4 is 24.0 Å². The zero-order chi connectivity index (χ0) is 31.7. The number of aromatic amines is 1. The molecule has 3 aromatic heterocycles. The van der Waals surface area contributed by atoms with E-state index in [0.29, 0.717) is 6.67 Å². The number of imidazole rings is 1. The van der Waals surface area contributed by atoms with Crippen molar-refractivity contribution in [2.45, 2.75) is 60.8 Å². The van der Waals surface area contributed by atoms with Crippen molar-refractivity contribution in [1.29, 1.82) is 0 Å². The lowest BCUT2D eigenvalue weighted by Crippen LogP contribution is -1.83. The van der Waals surface area contributed by atoms with Gasteiger partial charge in [-0.1, -0.05) is 29.9 Å². The molecule has 3 aliphatic heterocycles. The molecule has 0 bridgehead atoms. The first kappa shape index (κ1) is 36.1. The third-order valence-electron chi connectivity index (χ3n) is 5.03. The lowest BCUT2D eigenvalue weighted by atomic mass is 10.3. The topological polar surface area (TPSA) is 151 Å². The molecule has 6 heterocycles. The fourth-order valence-electron chi connectivity index (χ4n) is 2.83. The van der Waals surface area contributed by atoms with Crippen LogP contribution in [-0.4, -0.2) is 65.2 Å². The summed E-state index contributed by atoms with van der Waals surface area (Å²) in [5.41, 5.74) is 3.65. The third-order valence-corrected chi connectivity index (χ3v) is 5.03. The maximum absolute atomic E-state index is 3.97. The largest absolute Gasteiger partial charge is 0.341 e. The molecule has 0 fully saturated rings. The predicted octanol–water partition coefficient (Wildman–Crippen LogP) is 6.18. The highest BCUT2D eigenvalue weighted by atomic mass is 15.2. The molecule has 4 aliphatic rings. The normalized spacial score (nSPS) is 14.3.